The first kappa shape index (κ1) is 22.4. The minimum atomic E-state index is -0.229. The van der Waals surface area contributed by atoms with E-state index in [0.717, 1.165) is 36.2 Å². The van der Waals surface area contributed by atoms with E-state index >= 15 is 0 Å². The highest BCUT2D eigenvalue weighted by Gasteiger charge is 2.28. The lowest BCUT2D eigenvalue weighted by molar-refractivity contribution is 0.185. The van der Waals surface area contributed by atoms with Gasteiger partial charge in [-0.1, -0.05) is 63.2 Å². The van der Waals surface area contributed by atoms with Crippen LogP contribution in [0.2, 0.25) is 0 Å². The smallest absolute Gasteiger partial charge is 0.165 e. The van der Waals surface area contributed by atoms with Crippen LogP contribution in [0.1, 0.15) is 96.5 Å². The van der Waals surface area contributed by atoms with Crippen LogP contribution in [0.5, 0.6) is 5.75 Å². The Morgan fingerprint density at radius 1 is 0.966 bits per heavy atom. The second kappa shape index (κ2) is 11.8. The van der Waals surface area contributed by atoms with E-state index in [9.17, 15) is 4.39 Å². The SMILES string of the molecule is CCCCCC1CCC(C2CC=C(CCc3ccc(OCC)c(F)c3)CC2)CC1. The maximum Gasteiger partial charge on any atom is 0.165 e. The van der Waals surface area contributed by atoms with E-state index in [-0.39, 0.29) is 5.82 Å². The Kier molecular flexibility index (Phi) is 9.08. The van der Waals surface area contributed by atoms with E-state index in [1.807, 2.05) is 13.0 Å². The molecule has 1 aromatic carbocycles. The Labute approximate surface area is 178 Å². The second-order valence-corrected chi connectivity index (χ2v) is 9.37. The van der Waals surface area contributed by atoms with Crippen molar-refractivity contribution in [2.24, 2.45) is 17.8 Å². The molecule has 1 aromatic rings. The van der Waals surface area contributed by atoms with Gasteiger partial charge in [-0.15, -0.1) is 0 Å². The Balaban J connectivity index is 1.39. The van der Waals surface area contributed by atoms with Crippen LogP contribution in [0.3, 0.4) is 0 Å². The molecule has 0 amide bonds. The van der Waals surface area contributed by atoms with E-state index < -0.39 is 0 Å². The van der Waals surface area contributed by atoms with E-state index in [0.29, 0.717) is 12.4 Å². The van der Waals surface area contributed by atoms with Crippen molar-refractivity contribution in [2.75, 3.05) is 6.61 Å². The number of unbranched alkanes of at least 4 members (excludes halogenated alkanes) is 2. The summed E-state index contributed by atoms with van der Waals surface area (Å²) in [6.45, 7) is 4.69. The quantitative estimate of drug-likeness (QED) is 0.284. The van der Waals surface area contributed by atoms with Gasteiger partial charge in [0.05, 0.1) is 6.61 Å². The van der Waals surface area contributed by atoms with Gasteiger partial charge >= 0.3 is 0 Å². The molecule has 3 rings (SSSR count). The van der Waals surface area contributed by atoms with Crippen molar-refractivity contribution in [1.82, 2.24) is 0 Å². The predicted octanol–water partition coefficient (Wildman–Crippen LogP) is 8.27. The largest absolute Gasteiger partial charge is 0.491 e. The maximum absolute atomic E-state index is 14.0. The van der Waals surface area contributed by atoms with Crippen LogP contribution in [0.25, 0.3) is 0 Å². The van der Waals surface area contributed by atoms with Gasteiger partial charge < -0.3 is 4.74 Å². The summed E-state index contributed by atoms with van der Waals surface area (Å²) in [5.74, 6) is 3.04. The molecular formula is C27H41FO. The Hall–Kier alpha value is -1.31. The van der Waals surface area contributed by atoms with Crippen LogP contribution in [-0.4, -0.2) is 6.61 Å². The highest BCUT2D eigenvalue weighted by atomic mass is 19.1. The van der Waals surface area contributed by atoms with Crippen molar-refractivity contribution < 1.29 is 9.13 Å². The van der Waals surface area contributed by atoms with Gasteiger partial charge in [-0.05, 0) is 87.3 Å². The minimum absolute atomic E-state index is 0.229. The molecule has 0 heterocycles. The number of rotatable bonds is 10. The third-order valence-corrected chi connectivity index (χ3v) is 7.35. The molecule has 1 saturated carbocycles. The van der Waals surface area contributed by atoms with E-state index in [1.54, 1.807) is 17.7 Å². The fourth-order valence-electron chi connectivity index (χ4n) is 5.47. The second-order valence-electron chi connectivity index (χ2n) is 9.37. The lowest BCUT2D eigenvalue weighted by atomic mass is 9.70. The average molecular weight is 401 g/mol. The number of halogens is 1. The normalized spacial score (nSPS) is 24.9. The molecular weight excluding hydrogens is 359 g/mol. The fraction of sp³-hybridized carbons (Fsp3) is 0.704. The average Bonchev–Trinajstić information content (AvgIpc) is 2.75. The summed E-state index contributed by atoms with van der Waals surface area (Å²) in [7, 11) is 0. The first-order valence-corrected chi connectivity index (χ1v) is 12.3. The van der Waals surface area contributed by atoms with Crippen molar-refractivity contribution >= 4 is 0 Å². The number of aryl methyl sites for hydroxylation is 1. The zero-order valence-electron chi connectivity index (χ0n) is 18.7. The summed E-state index contributed by atoms with van der Waals surface area (Å²) in [6.07, 6.45) is 20.0. The summed E-state index contributed by atoms with van der Waals surface area (Å²) in [4.78, 5) is 0. The van der Waals surface area contributed by atoms with Gasteiger partial charge in [0, 0.05) is 0 Å². The van der Waals surface area contributed by atoms with Gasteiger partial charge in [0.25, 0.3) is 0 Å². The zero-order chi connectivity index (χ0) is 20.5. The van der Waals surface area contributed by atoms with Crippen LogP contribution in [0.4, 0.5) is 4.39 Å². The molecule has 2 aliphatic carbocycles. The van der Waals surface area contributed by atoms with E-state index in [1.165, 1.54) is 70.6 Å². The lowest BCUT2D eigenvalue weighted by Crippen LogP contribution is -2.23. The monoisotopic (exact) mass is 400 g/mol. The molecule has 2 aliphatic rings. The molecule has 1 atom stereocenters. The first-order valence-electron chi connectivity index (χ1n) is 12.3. The van der Waals surface area contributed by atoms with Crippen LogP contribution in [0, 0.1) is 23.6 Å². The van der Waals surface area contributed by atoms with E-state index in [4.69, 9.17) is 4.74 Å². The number of hydrogen-bond donors (Lipinski definition) is 0. The summed E-state index contributed by atoms with van der Waals surface area (Å²) in [5.41, 5.74) is 2.67. The van der Waals surface area contributed by atoms with E-state index in [2.05, 4.69) is 13.0 Å². The molecule has 2 heteroatoms. The highest BCUT2D eigenvalue weighted by Crippen LogP contribution is 2.41. The molecule has 0 radical (unpaired) electrons. The first-order chi connectivity index (χ1) is 14.2. The molecule has 1 fully saturated rings. The molecule has 0 N–H and O–H groups in total. The molecule has 0 bridgehead atoms. The summed E-state index contributed by atoms with van der Waals surface area (Å²) in [5, 5.41) is 0. The highest BCUT2D eigenvalue weighted by molar-refractivity contribution is 5.30. The Morgan fingerprint density at radius 2 is 1.79 bits per heavy atom. The number of benzene rings is 1. The molecule has 162 valence electrons. The van der Waals surface area contributed by atoms with Gasteiger partial charge in [0.1, 0.15) is 0 Å². The van der Waals surface area contributed by atoms with Crippen molar-refractivity contribution in [3.05, 3.63) is 41.2 Å². The predicted molar refractivity (Wildman–Crippen MR) is 121 cm³/mol. The molecule has 0 aliphatic heterocycles. The molecule has 1 nitrogen and oxygen atoms in total. The topological polar surface area (TPSA) is 9.23 Å². The van der Waals surface area contributed by atoms with Crippen LogP contribution < -0.4 is 4.74 Å². The fourth-order valence-corrected chi connectivity index (χ4v) is 5.47. The summed E-state index contributed by atoms with van der Waals surface area (Å²) >= 11 is 0. The van der Waals surface area contributed by atoms with Crippen LogP contribution >= 0.6 is 0 Å². The maximum atomic E-state index is 14.0. The van der Waals surface area contributed by atoms with Crippen LogP contribution in [0.15, 0.2) is 29.8 Å². The molecule has 0 spiro atoms. The van der Waals surface area contributed by atoms with Crippen molar-refractivity contribution in [3.63, 3.8) is 0 Å². The molecule has 1 unspecified atom stereocenters. The van der Waals surface area contributed by atoms with Crippen LogP contribution in [-0.2, 0) is 6.42 Å². The molecule has 0 aromatic heterocycles. The molecule has 29 heavy (non-hydrogen) atoms. The van der Waals surface area contributed by atoms with Gasteiger partial charge in [0.15, 0.2) is 11.6 Å². The van der Waals surface area contributed by atoms with Crippen molar-refractivity contribution in [3.8, 4) is 5.75 Å². The number of hydrogen-bond acceptors (Lipinski definition) is 1. The third kappa shape index (κ3) is 6.86. The standard InChI is InChI=1S/C27H41FO/c1-3-5-6-7-21-10-15-24(16-11-21)25-17-12-22(13-18-25)8-9-23-14-19-27(29-4-2)26(28)20-23/h12,14,19-21,24-25H,3-11,13,15-18H2,1-2H3. The van der Waals surface area contributed by atoms with Gasteiger partial charge in [-0.3, -0.25) is 0 Å². The minimum Gasteiger partial charge on any atom is -0.491 e. The van der Waals surface area contributed by atoms with Gasteiger partial charge in [-0.2, -0.15) is 0 Å². The van der Waals surface area contributed by atoms with Crippen molar-refractivity contribution in [1.29, 1.82) is 0 Å². The summed E-state index contributed by atoms with van der Waals surface area (Å²) in [6, 6.07) is 5.44. The Bertz CT molecular complexity index is 642. The third-order valence-electron chi connectivity index (χ3n) is 7.35. The Morgan fingerprint density at radius 3 is 2.45 bits per heavy atom. The molecule has 0 saturated heterocycles. The summed E-state index contributed by atoms with van der Waals surface area (Å²) < 4.78 is 19.3. The van der Waals surface area contributed by atoms with Crippen molar-refractivity contribution in [2.45, 2.75) is 97.3 Å². The number of allylic oxidation sites excluding steroid dienone is 2. The van der Waals surface area contributed by atoms with Gasteiger partial charge in [0.2, 0.25) is 0 Å². The zero-order valence-corrected chi connectivity index (χ0v) is 18.7. The van der Waals surface area contributed by atoms with Gasteiger partial charge in [-0.25, -0.2) is 4.39 Å². The number of ether oxygens (including phenoxy) is 1. The lowest BCUT2D eigenvalue weighted by Gasteiger charge is -2.35.